The largest absolute Gasteiger partial charge is 0.486 e. The van der Waals surface area contributed by atoms with Crippen LogP contribution in [0.15, 0.2) is 58.2 Å². The minimum Gasteiger partial charge on any atom is -0.486 e. The molecular formula is C22H23ClN6O2S. The van der Waals surface area contributed by atoms with Crippen molar-refractivity contribution in [2.45, 2.75) is 43.7 Å². The molecule has 4 aromatic rings. The summed E-state index contributed by atoms with van der Waals surface area (Å²) in [7, 11) is 0. The highest BCUT2D eigenvalue weighted by atomic mass is 35.5. The molecule has 0 bridgehead atoms. The van der Waals surface area contributed by atoms with Crippen LogP contribution in [0.1, 0.15) is 38.0 Å². The number of hydrogen-bond acceptors (Lipinski definition) is 8. The van der Waals surface area contributed by atoms with Crippen molar-refractivity contribution in [3.05, 3.63) is 70.8 Å². The normalized spacial score (nSPS) is 11.6. The Labute approximate surface area is 195 Å². The Hall–Kier alpha value is -3.04. The number of benzene rings is 2. The summed E-state index contributed by atoms with van der Waals surface area (Å²) in [5, 5.41) is 13.3. The summed E-state index contributed by atoms with van der Waals surface area (Å²) in [6, 6.07) is 15.3. The molecule has 0 atom stereocenters. The van der Waals surface area contributed by atoms with Crippen LogP contribution in [0.4, 0.5) is 0 Å². The second kappa shape index (κ2) is 9.22. The van der Waals surface area contributed by atoms with Crippen LogP contribution in [-0.4, -0.2) is 25.0 Å². The van der Waals surface area contributed by atoms with E-state index in [1.807, 2.05) is 30.3 Å². The SMILES string of the molecule is CC(C)(C)c1ccc(OCc2nnc(SCc3noc(-c4ccccc4Cl)n3)n2N)cc1. The summed E-state index contributed by atoms with van der Waals surface area (Å²) in [6.07, 6.45) is 0. The van der Waals surface area contributed by atoms with Crippen LogP contribution in [0.2, 0.25) is 5.02 Å². The van der Waals surface area contributed by atoms with Gasteiger partial charge in [0, 0.05) is 0 Å². The van der Waals surface area contributed by atoms with Gasteiger partial charge in [0.2, 0.25) is 5.16 Å². The molecule has 0 amide bonds. The van der Waals surface area contributed by atoms with Crippen molar-refractivity contribution in [3.63, 3.8) is 0 Å². The van der Waals surface area contributed by atoms with Crippen molar-refractivity contribution in [1.29, 1.82) is 0 Å². The Morgan fingerprint density at radius 1 is 1.09 bits per heavy atom. The number of nitrogens with zero attached hydrogens (tertiary/aromatic N) is 5. The monoisotopic (exact) mass is 470 g/mol. The number of halogens is 1. The summed E-state index contributed by atoms with van der Waals surface area (Å²) in [4.78, 5) is 4.39. The molecule has 0 fully saturated rings. The number of thioether (sulfide) groups is 1. The second-order valence-corrected chi connectivity index (χ2v) is 9.47. The molecule has 10 heteroatoms. The lowest BCUT2D eigenvalue weighted by Gasteiger charge is -2.19. The van der Waals surface area contributed by atoms with Crippen LogP contribution in [0, 0.1) is 0 Å². The van der Waals surface area contributed by atoms with E-state index in [1.54, 1.807) is 6.07 Å². The highest BCUT2D eigenvalue weighted by Gasteiger charge is 2.16. The predicted octanol–water partition coefficient (Wildman–Crippen LogP) is 4.86. The minimum atomic E-state index is 0.0922. The first kappa shape index (κ1) is 22.2. The third kappa shape index (κ3) is 5.05. The van der Waals surface area contributed by atoms with E-state index in [4.69, 9.17) is 26.7 Å². The van der Waals surface area contributed by atoms with Crippen LogP contribution >= 0.6 is 23.4 Å². The molecule has 2 N–H and O–H groups in total. The maximum absolute atomic E-state index is 6.18. The molecular weight excluding hydrogens is 448 g/mol. The smallest absolute Gasteiger partial charge is 0.259 e. The van der Waals surface area contributed by atoms with Crippen LogP contribution in [0.5, 0.6) is 5.75 Å². The molecule has 32 heavy (non-hydrogen) atoms. The maximum atomic E-state index is 6.18. The van der Waals surface area contributed by atoms with Crippen molar-refractivity contribution >= 4 is 23.4 Å². The van der Waals surface area contributed by atoms with Crippen molar-refractivity contribution in [3.8, 4) is 17.2 Å². The summed E-state index contributed by atoms with van der Waals surface area (Å²) in [5.41, 5.74) is 2.02. The number of nitrogens with two attached hydrogens (primary N) is 1. The van der Waals surface area contributed by atoms with Gasteiger partial charge in [0.05, 0.1) is 16.3 Å². The average Bonchev–Trinajstić information content (AvgIpc) is 3.37. The number of hydrogen-bond donors (Lipinski definition) is 1. The second-order valence-electron chi connectivity index (χ2n) is 8.12. The highest BCUT2D eigenvalue weighted by Crippen LogP contribution is 2.28. The fourth-order valence-corrected chi connectivity index (χ4v) is 3.82. The zero-order valence-corrected chi connectivity index (χ0v) is 19.5. The van der Waals surface area contributed by atoms with Crippen LogP contribution < -0.4 is 10.6 Å². The van der Waals surface area contributed by atoms with E-state index in [0.717, 1.165) is 5.75 Å². The Morgan fingerprint density at radius 3 is 2.56 bits per heavy atom. The first-order valence-electron chi connectivity index (χ1n) is 9.94. The van der Waals surface area contributed by atoms with E-state index in [2.05, 4.69) is 53.2 Å². The van der Waals surface area contributed by atoms with Gasteiger partial charge in [-0.05, 0) is 35.2 Å². The molecule has 0 aliphatic rings. The van der Waals surface area contributed by atoms with Crippen molar-refractivity contribution in [1.82, 2.24) is 25.0 Å². The molecule has 0 aliphatic heterocycles. The van der Waals surface area contributed by atoms with Crippen LogP contribution in [-0.2, 0) is 17.8 Å². The van der Waals surface area contributed by atoms with Gasteiger partial charge in [-0.3, -0.25) is 0 Å². The zero-order chi connectivity index (χ0) is 22.7. The highest BCUT2D eigenvalue weighted by molar-refractivity contribution is 7.98. The summed E-state index contributed by atoms with van der Waals surface area (Å²) in [5.74, 6) is 8.68. The molecule has 0 unspecified atom stereocenters. The summed E-state index contributed by atoms with van der Waals surface area (Å²) < 4.78 is 12.5. The zero-order valence-electron chi connectivity index (χ0n) is 17.9. The molecule has 4 rings (SSSR count). The van der Waals surface area contributed by atoms with E-state index >= 15 is 0 Å². The maximum Gasteiger partial charge on any atom is 0.259 e. The molecule has 0 saturated heterocycles. The van der Waals surface area contributed by atoms with Crippen LogP contribution in [0.3, 0.4) is 0 Å². The minimum absolute atomic E-state index is 0.0922. The molecule has 0 radical (unpaired) electrons. The van der Waals surface area contributed by atoms with Gasteiger partial charge in [0.25, 0.3) is 5.89 Å². The Bertz CT molecular complexity index is 1200. The Kier molecular flexibility index (Phi) is 6.38. The van der Waals surface area contributed by atoms with Gasteiger partial charge in [-0.1, -0.05) is 73.6 Å². The lowest BCUT2D eigenvalue weighted by Crippen LogP contribution is -2.16. The lowest BCUT2D eigenvalue weighted by molar-refractivity contribution is 0.291. The van der Waals surface area contributed by atoms with Crippen molar-refractivity contribution in [2.75, 3.05) is 5.84 Å². The molecule has 2 aromatic carbocycles. The van der Waals surface area contributed by atoms with E-state index in [-0.39, 0.29) is 12.0 Å². The number of rotatable bonds is 7. The molecule has 8 nitrogen and oxygen atoms in total. The van der Waals surface area contributed by atoms with E-state index in [9.17, 15) is 0 Å². The number of aromatic nitrogens is 5. The molecule has 166 valence electrons. The fraction of sp³-hybridized carbons (Fsp3) is 0.273. The molecule has 0 spiro atoms. The van der Waals surface area contributed by atoms with Gasteiger partial charge in [0.15, 0.2) is 11.6 Å². The fourth-order valence-electron chi connectivity index (χ4n) is 2.89. The number of nitrogen functional groups attached to an aromatic ring is 1. The molecule has 2 heterocycles. The van der Waals surface area contributed by atoms with Gasteiger partial charge >= 0.3 is 0 Å². The van der Waals surface area contributed by atoms with Crippen molar-refractivity contribution < 1.29 is 9.26 Å². The van der Waals surface area contributed by atoms with E-state index < -0.39 is 0 Å². The summed E-state index contributed by atoms with van der Waals surface area (Å²) >= 11 is 7.53. The molecule has 2 aromatic heterocycles. The lowest BCUT2D eigenvalue weighted by atomic mass is 9.87. The molecule has 0 saturated carbocycles. The third-order valence-corrected chi connectivity index (χ3v) is 5.99. The number of ether oxygens (including phenoxy) is 1. The van der Waals surface area contributed by atoms with E-state index in [0.29, 0.717) is 39.0 Å². The molecule has 0 aliphatic carbocycles. The Morgan fingerprint density at radius 2 is 1.84 bits per heavy atom. The third-order valence-electron chi connectivity index (χ3n) is 4.73. The quantitative estimate of drug-likeness (QED) is 0.301. The van der Waals surface area contributed by atoms with E-state index in [1.165, 1.54) is 22.0 Å². The predicted molar refractivity (Wildman–Crippen MR) is 124 cm³/mol. The standard InChI is InChI=1S/C22H23ClN6O2S/c1-22(2,3)14-8-10-15(11-9-14)30-12-19-26-27-21(29(19)24)32-13-18-25-20(31-28-18)16-6-4-5-7-17(16)23/h4-11H,12-13,24H2,1-3H3. The first-order valence-corrected chi connectivity index (χ1v) is 11.3. The van der Waals surface area contributed by atoms with Gasteiger partial charge in [-0.15, -0.1) is 10.2 Å². The average molecular weight is 471 g/mol. The Balaban J connectivity index is 1.35. The van der Waals surface area contributed by atoms with Gasteiger partial charge in [0.1, 0.15) is 12.4 Å². The van der Waals surface area contributed by atoms with Gasteiger partial charge in [-0.25, -0.2) is 4.68 Å². The van der Waals surface area contributed by atoms with Crippen LogP contribution in [0.25, 0.3) is 11.5 Å². The van der Waals surface area contributed by atoms with Gasteiger partial charge in [-0.2, -0.15) is 4.98 Å². The van der Waals surface area contributed by atoms with Gasteiger partial charge < -0.3 is 15.1 Å². The first-order chi connectivity index (χ1) is 15.3. The van der Waals surface area contributed by atoms with Crippen molar-refractivity contribution in [2.24, 2.45) is 0 Å². The summed E-state index contributed by atoms with van der Waals surface area (Å²) in [6.45, 7) is 6.72. The topological polar surface area (TPSA) is 105 Å².